The molecule has 1 aromatic rings. The lowest BCUT2D eigenvalue weighted by Gasteiger charge is -2.27. The Morgan fingerprint density at radius 2 is 1.21 bits per heavy atom. The molecule has 2 bridgehead atoms. The molecule has 0 unspecified atom stereocenters. The molecule has 0 atom stereocenters. The molecule has 0 fully saturated rings. The maximum atomic E-state index is 13.0. The van der Waals surface area contributed by atoms with Crippen LogP contribution < -0.4 is 0 Å². The Morgan fingerprint density at radius 3 is 1.54 bits per heavy atom. The number of hydrogen-bond donors (Lipinski definition) is 0. The van der Waals surface area contributed by atoms with Crippen LogP contribution in [0.1, 0.15) is 92.4 Å². The van der Waals surface area contributed by atoms with Gasteiger partial charge in [-0.3, -0.25) is 14.4 Å². The first kappa shape index (κ1) is 18.6. The van der Waals surface area contributed by atoms with Crippen LogP contribution in [0.25, 0.3) is 0 Å². The zero-order valence-electron chi connectivity index (χ0n) is 15.9. The van der Waals surface area contributed by atoms with E-state index in [1.807, 2.05) is 48.5 Å². The number of rotatable bonds is 1. The van der Waals surface area contributed by atoms with Gasteiger partial charge in [0.1, 0.15) is 0 Å². The largest absolute Gasteiger partial charge is 0.294 e. The van der Waals surface area contributed by atoms with Crippen molar-refractivity contribution in [1.29, 1.82) is 0 Å². The Hall–Kier alpha value is -1.77. The average molecular weight is 328 g/mol. The van der Waals surface area contributed by atoms with Crippen LogP contribution in [-0.4, -0.2) is 17.3 Å². The Bertz CT molecular complexity index is 669. The topological polar surface area (TPSA) is 51.2 Å². The Labute approximate surface area is 144 Å². The summed E-state index contributed by atoms with van der Waals surface area (Å²) in [6.45, 7) is 13.2. The smallest absolute Gasteiger partial charge is 0.168 e. The van der Waals surface area contributed by atoms with Crippen molar-refractivity contribution in [1.82, 2.24) is 0 Å². The summed E-state index contributed by atoms with van der Waals surface area (Å²) in [5, 5.41) is 0. The van der Waals surface area contributed by atoms with Crippen molar-refractivity contribution in [3.63, 3.8) is 0 Å². The van der Waals surface area contributed by atoms with Crippen molar-refractivity contribution >= 4 is 17.3 Å². The predicted molar refractivity (Wildman–Crippen MR) is 95.7 cm³/mol. The highest BCUT2D eigenvalue weighted by atomic mass is 16.1. The van der Waals surface area contributed by atoms with E-state index < -0.39 is 16.2 Å². The van der Waals surface area contributed by atoms with E-state index in [-0.39, 0.29) is 17.3 Å². The molecule has 0 radical (unpaired) electrons. The van der Waals surface area contributed by atoms with E-state index in [2.05, 4.69) is 0 Å². The van der Waals surface area contributed by atoms with Crippen molar-refractivity contribution in [2.45, 2.75) is 61.3 Å². The molecule has 0 spiro atoms. The fourth-order valence-electron chi connectivity index (χ4n) is 3.09. The van der Waals surface area contributed by atoms with Crippen molar-refractivity contribution in [3.8, 4) is 0 Å². The standard InChI is InChI=1S/C21H28O3/c1-19(2,3)16(22)13-10-14-12-15(11-13)18(24)21(6,7)9-8-20(4,5)17(14)23/h10-12H,8-9H2,1-7H3. The predicted octanol–water partition coefficient (Wildman–Crippen LogP) is 5.13. The van der Waals surface area contributed by atoms with Gasteiger partial charge in [0.05, 0.1) is 0 Å². The number of ketones is 3. The molecule has 0 N–H and O–H groups in total. The number of fused-ring (bicyclic) bond motifs is 2. The third-order valence-electron chi connectivity index (χ3n) is 5.01. The minimum absolute atomic E-state index is 0.00203. The molecule has 130 valence electrons. The SMILES string of the molecule is CC(C)(C)C(=O)c1cc2cc(c1)C(=O)C(C)(C)CCC(C)(C)C2=O. The van der Waals surface area contributed by atoms with Gasteiger partial charge in [0.15, 0.2) is 17.3 Å². The van der Waals surface area contributed by atoms with Gasteiger partial charge in [0.2, 0.25) is 0 Å². The molecule has 0 aliphatic heterocycles. The van der Waals surface area contributed by atoms with Crippen molar-refractivity contribution in [2.24, 2.45) is 16.2 Å². The lowest BCUT2D eigenvalue weighted by molar-refractivity contribution is 0.0750. The summed E-state index contributed by atoms with van der Waals surface area (Å²) >= 11 is 0. The summed E-state index contributed by atoms with van der Waals surface area (Å²) in [6, 6.07) is 4.98. The Kier molecular flexibility index (Phi) is 4.37. The minimum atomic E-state index is -0.562. The van der Waals surface area contributed by atoms with Gasteiger partial charge in [-0.05, 0) is 31.0 Å². The maximum absolute atomic E-state index is 13.0. The van der Waals surface area contributed by atoms with Crippen LogP contribution in [-0.2, 0) is 0 Å². The molecule has 0 saturated carbocycles. The van der Waals surface area contributed by atoms with Gasteiger partial charge in [0.25, 0.3) is 0 Å². The molecule has 0 amide bonds. The van der Waals surface area contributed by atoms with Gasteiger partial charge in [0, 0.05) is 32.9 Å². The monoisotopic (exact) mass is 328 g/mol. The van der Waals surface area contributed by atoms with E-state index >= 15 is 0 Å². The van der Waals surface area contributed by atoms with Gasteiger partial charge in [-0.1, -0.05) is 48.5 Å². The second-order valence-corrected chi connectivity index (χ2v) is 9.30. The van der Waals surface area contributed by atoms with Crippen LogP contribution in [0.5, 0.6) is 0 Å². The van der Waals surface area contributed by atoms with Crippen molar-refractivity contribution < 1.29 is 14.4 Å². The third kappa shape index (κ3) is 3.35. The van der Waals surface area contributed by atoms with Gasteiger partial charge >= 0.3 is 0 Å². The van der Waals surface area contributed by atoms with Gasteiger partial charge in [-0.25, -0.2) is 0 Å². The van der Waals surface area contributed by atoms with Crippen LogP contribution in [0.3, 0.4) is 0 Å². The highest BCUT2D eigenvalue weighted by molar-refractivity contribution is 6.09. The number of hydrogen-bond acceptors (Lipinski definition) is 3. The minimum Gasteiger partial charge on any atom is -0.294 e. The van der Waals surface area contributed by atoms with E-state index in [1.165, 1.54) is 0 Å². The lowest BCUT2D eigenvalue weighted by Crippen LogP contribution is -2.28. The van der Waals surface area contributed by atoms with Crippen molar-refractivity contribution in [3.05, 3.63) is 34.9 Å². The normalized spacial score (nSPS) is 20.1. The third-order valence-corrected chi connectivity index (χ3v) is 5.01. The molecule has 0 heterocycles. The molecule has 1 aliphatic rings. The molecule has 3 heteroatoms. The van der Waals surface area contributed by atoms with Gasteiger partial charge < -0.3 is 0 Å². The molecule has 0 saturated heterocycles. The molecular formula is C21H28O3. The number of Topliss-reactive ketones (excluding diaryl/α,β-unsaturated/α-hetero) is 3. The lowest BCUT2D eigenvalue weighted by atomic mass is 9.75. The van der Waals surface area contributed by atoms with Crippen LogP contribution >= 0.6 is 0 Å². The zero-order chi connectivity index (χ0) is 18.5. The maximum Gasteiger partial charge on any atom is 0.168 e. The van der Waals surface area contributed by atoms with Crippen LogP contribution in [0, 0.1) is 16.2 Å². The van der Waals surface area contributed by atoms with Crippen LogP contribution in [0.15, 0.2) is 18.2 Å². The highest BCUT2D eigenvalue weighted by Crippen LogP contribution is 2.38. The molecule has 2 rings (SSSR count). The van der Waals surface area contributed by atoms with E-state index in [0.29, 0.717) is 29.5 Å². The zero-order valence-corrected chi connectivity index (χ0v) is 15.9. The summed E-state index contributed by atoms with van der Waals surface area (Å²) < 4.78 is 0. The van der Waals surface area contributed by atoms with Crippen LogP contribution in [0.2, 0.25) is 0 Å². The number of carbonyl (C=O) groups is 3. The summed E-state index contributed by atoms with van der Waals surface area (Å²) in [7, 11) is 0. The Morgan fingerprint density at radius 1 is 0.833 bits per heavy atom. The first-order valence-corrected chi connectivity index (χ1v) is 8.55. The second kappa shape index (κ2) is 5.65. The van der Waals surface area contributed by atoms with E-state index in [1.54, 1.807) is 18.2 Å². The number of carbonyl (C=O) groups excluding carboxylic acids is 3. The van der Waals surface area contributed by atoms with Crippen molar-refractivity contribution in [2.75, 3.05) is 0 Å². The summed E-state index contributed by atoms with van der Waals surface area (Å²) in [4.78, 5) is 38.6. The molecule has 1 aliphatic carbocycles. The molecular weight excluding hydrogens is 300 g/mol. The fourth-order valence-corrected chi connectivity index (χ4v) is 3.09. The van der Waals surface area contributed by atoms with Crippen LogP contribution in [0.4, 0.5) is 0 Å². The summed E-state index contributed by atoms with van der Waals surface area (Å²) in [6.07, 6.45) is 1.29. The molecule has 0 aromatic heterocycles. The highest BCUT2D eigenvalue weighted by Gasteiger charge is 2.38. The number of benzene rings is 1. The molecule has 24 heavy (non-hydrogen) atoms. The quantitative estimate of drug-likeness (QED) is 0.672. The first-order valence-electron chi connectivity index (χ1n) is 8.55. The van der Waals surface area contributed by atoms with Gasteiger partial charge in [-0.2, -0.15) is 0 Å². The van der Waals surface area contributed by atoms with E-state index in [4.69, 9.17) is 0 Å². The average Bonchev–Trinajstić information content (AvgIpc) is 2.50. The van der Waals surface area contributed by atoms with E-state index in [0.717, 1.165) is 0 Å². The Balaban J connectivity index is 2.72. The summed E-state index contributed by atoms with van der Waals surface area (Å²) in [5.74, 6) is -0.0586. The second-order valence-electron chi connectivity index (χ2n) is 9.30. The summed E-state index contributed by atoms with van der Waals surface area (Å²) in [5.41, 5.74) is -0.282. The fraction of sp³-hybridized carbons (Fsp3) is 0.571. The molecule has 3 nitrogen and oxygen atoms in total. The molecule has 1 aromatic carbocycles. The first-order chi connectivity index (χ1) is 10.8. The van der Waals surface area contributed by atoms with Gasteiger partial charge in [-0.15, -0.1) is 0 Å². The van der Waals surface area contributed by atoms with E-state index in [9.17, 15) is 14.4 Å².